The number of unbranched alkanes of at least 4 members (excludes halogenated alkanes) is 1. The van der Waals surface area contributed by atoms with Crippen LogP contribution in [-0.4, -0.2) is 43.7 Å². The zero-order valence-corrected chi connectivity index (χ0v) is 11.2. The van der Waals surface area contributed by atoms with Crippen molar-refractivity contribution < 1.29 is 28.5 Å². The van der Waals surface area contributed by atoms with E-state index in [9.17, 15) is 9.59 Å². The van der Waals surface area contributed by atoms with Gasteiger partial charge in [-0.25, -0.2) is 9.59 Å². The molecular formula is C12H20O6. The van der Waals surface area contributed by atoms with Gasteiger partial charge in [-0.3, -0.25) is 0 Å². The van der Waals surface area contributed by atoms with Crippen molar-refractivity contribution in [2.75, 3.05) is 13.7 Å². The lowest BCUT2D eigenvalue weighted by molar-refractivity contribution is -0.172. The molecule has 0 amide bonds. The van der Waals surface area contributed by atoms with Crippen molar-refractivity contribution in [1.29, 1.82) is 0 Å². The molecule has 1 heterocycles. The smallest absolute Gasteiger partial charge is 0.338 e. The molecule has 0 unspecified atom stereocenters. The molecule has 2 atom stereocenters. The van der Waals surface area contributed by atoms with Gasteiger partial charge in [0.25, 0.3) is 0 Å². The SMILES string of the molecule is CCCCOC(=O)[C@@H]1OC(C)(C)O[C@H]1C(=O)OC. The van der Waals surface area contributed by atoms with Crippen LogP contribution in [0.25, 0.3) is 0 Å². The minimum Gasteiger partial charge on any atom is -0.467 e. The Hall–Kier alpha value is -1.14. The summed E-state index contributed by atoms with van der Waals surface area (Å²) in [7, 11) is 1.23. The Bertz CT molecular complexity index is 312. The maximum atomic E-state index is 11.8. The predicted molar refractivity (Wildman–Crippen MR) is 61.7 cm³/mol. The van der Waals surface area contributed by atoms with Gasteiger partial charge in [-0.05, 0) is 20.3 Å². The fraction of sp³-hybridized carbons (Fsp3) is 0.833. The molecule has 0 radical (unpaired) electrons. The summed E-state index contributed by atoms with van der Waals surface area (Å²) in [6.45, 7) is 5.55. The van der Waals surface area contributed by atoms with Crippen LogP contribution in [0.2, 0.25) is 0 Å². The summed E-state index contributed by atoms with van der Waals surface area (Å²) in [5.41, 5.74) is 0. The summed E-state index contributed by atoms with van der Waals surface area (Å²) < 4.78 is 20.3. The lowest BCUT2D eigenvalue weighted by Crippen LogP contribution is -2.39. The van der Waals surface area contributed by atoms with Crippen molar-refractivity contribution in [1.82, 2.24) is 0 Å². The first-order valence-corrected chi connectivity index (χ1v) is 6.01. The number of carbonyl (C=O) groups is 2. The zero-order chi connectivity index (χ0) is 13.8. The largest absolute Gasteiger partial charge is 0.467 e. The first-order valence-electron chi connectivity index (χ1n) is 6.01. The number of rotatable bonds is 5. The third kappa shape index (κ3) is 3.68. The lowest BCUT2D eigenvalue weighted by atomic mass is 10.2. The Labute approximate surface area is 107 Å². The topological polar surface area (TPSA) is 71.1 Å². The summed E-state index contributed by atoms with van der Waals surface area (Å²) in [5, 5.41) is 0. The van der Waals surface area contributed by atoms with E-state index in [2.05, 4.69) is 4.74 Å². The fourth-order valence-electron chi connectivity index (χ4n) is 1.62. The average molecular weight is 260 g/mol. The number of ether oxygens (including phenoxy) is 4. The summed E-state index contributed by atoms with van der Waals surface area (Å²) >= 11 is 0. The van der Waals surface area contributed by atoms with Crippen molar-refractivity contribution in [3.05, 3.63) is 0 Å². The Morgan fingerprint density at radius 3 is 2.22 bits per heavy atom. The number of methoxy groups -OCH3 is 1. The second-order valence-corrected chi connectivity index (χ2v) is 4.52. The lowest BCUT2D eigenvalue weighted by Gasteiger charge is -2.16. The van der Waals surface area contributed by atoms with Crippen molar-refractivity contribution in [2.45, 2.75) is 51.6 Å². The maximum absolute atomic E-state index is 11.8. The van der Waals surface area contributed by atoms with E-state index >= 15 is 0 Å². The van der Waals surface area contributed by atoms with Gasteiger partial charge in [-0.1, -0.05) is 13.3 Å². The van der Waals surface area contributed by atoms with Crippen LogP contribution >= 0.6 is 0 Å². The molecule has 0 spiro atoms. The molecule has 1 rings (SSSR count). The summed E-state index contributed by atoms with van der Waals surface area (Å²) in [6.07, 6.45) is -0.448. The molecule has 6 nitrogen and oxygen atoms in total. The molecule has 0 saturated carbocycles. The van der Waals surface area contributed by atoms with Crippen LogP contribution in [0, 0.1) is 0 Å². The molecule has 1 saturated heterocycles. The summed E-state index contributed by atoms with van der Waals surface area (Å²) in [5.74, 6) is -2.24. The molecule has 0 aromatic carbocycles. The molecule has 0 bridgehead atoms. The molecular weight excluding hydrogens is 240 g/mol. The van der Waals surface area contributed by atoms with Crippen LogP contribution in [0.3, 0.4) is 0 Å². The van der Waals surface area contributed by atoms with E-state index in [1.165, 1.54) is 7.11 Å². The van der Waals surface area contributed by atoms with Gasteiger partial charge in [0.2, 0.25) is 0 Å². The van der Waals surface area contributed by atoms with Crippen molar-refractivity contribution in [3.63, 3.8) is 0 Å². The molecule has 1 aliphatic rings. The average Bonchev–Trinajstić information content (AvgIpc) is 2.64. The second kappa shape index (κ2) is 6.15. The number of hydrogen-bond donors (Lipinski definition) is 0. The fourth-order valence-corrected chi connectivity index (χ4v) is 1.62. The van der Waals surface area contributed by atoms with Gasteiger partial charge < -0.3 is 18.9 Å². The molecule has 0 aromatic heterocycles. The van der Waals surface area contributed by atoms with E-state index in [0.29, 0.717) is 6.61 Å². The third-order valence-electron chi connectivity index (χ3n) is 2.50. The van der Waals surface area contributed by atoms with Crippen LogP contribution in [0.4, 0.5) is 0 Å². The first-order chi connectivity index (χ1) is 8.41. The van der Waals surface area contributed by atoms with Gasteiger partial charge in [0.1, 0.15) is 0 Å². The maximum Gasteiger partial charge on any atom is 0.338 e. The summed E-state index contributed by atoms with van der Waals surface area (Å²) in [4.78, 5) is 23.3. The number of hydrogen-bond acceptors (Lipinski definition) is 6. The standard InChI is InChI=1S/C12H20O6/c1-5-6-7-16-11(14)9-8(10(13)15-4)17-12(2,3)18-9/h8-9H,5-7H2,1-4H3/t8-,9-/m1/s1. The van der Waals surface area contributed by atoms with Crippen LogP contribution in [0.1, 0.15) is 33.6 Å². The Kier molecular flexibility index (Phi) is 5.10. The Balaban J connectivity index is 2.65. The van der Waals surface area contributed by atoms with E-state index in [1.807, 2.05) is 6.92 Å². The number of carbonyl (C=O) groups excluding carboxylic acids is 2. The monoisotopic (exact) mass is 260 g/mol. The van der Waals surface area contributed by atoms with Gasteiger partial charge in [0, 0.05) is 0 Å². The third-order valence-corrected chi connectivity index (χ3v) is 2.50. The highest BCUT2D eigenvalue weighted by atomic mass is 16.8. The first kappa shape index (κ1) is 14.9. The van der Waals surface area contributed by atoms with Crippen LogP contribution < -0.4 is 0 Å². The van der Waals surface area contributed by atoms with Crippen molar-refractivity contribution in [3.8, 4) is 0 Å². The number of esters is 2. The minimum atomic E-state index is -1.07. The normalized spacial score (nSPS) is 25.8. The highest BCUT2D eigenvalue weighted by molar-refractivity contribution is 5.86. The molecule has 0 aliphatic carbocycles. The Morgan fingerprint density at radius 1 is 1.17 bits per heavy atom. The molecule has 1 fully saturated rings. The quantitative estimate of drug-likeness (QED) is 0.543. The van der Waals surface area contributed by atoms with E-state index in [-0.39, 0.29) is 0 Å². The highest BCUT2D eigenvalue weighted by Gasteiger charge is 2.50. The van der Waals surface area contributed by atoms with Crippen LogP contribution in [0.5, 0.6) is 0 Å². The van der Waals surface area contributed by atoms with Crippen LogP contribution in [0.15, 0.2) is 0 Å². The molecule has 1 aliphatic heterocycles. The van der Waals surface area contributed by atoms with Gasteiger partial charge in [0.15, 0.2) is 18.0 Å². The van der Waals surface area contributed by atoms with Gasteiger partial charge in [0.05, 0.1) is 13.7 Å². The molecule has 104 valence electrons. The van der Waals surface area contributed by atoms with Gasteiger partial charge in [-0.15, -0.1) is 0 Å². The van der Waals surface area contributed by atoms with Gasteiger partial charge >= 0.3 is 11.9 Å². The van der Waals surface area contributed by atoms with E-state index < -0.39 is 29.9 Å². The van der Waals surface area contributed by atoms with E-state index in [1.54, 1.807) is 13.8 Å². The van der Waals surface area contributed by atoms with Gasteiger partial charge in [-0.2, -0.15) is 0 Å². The van der Waals surface area contributed by atoms with E-state index in [4.69, 9.17) is 14.2 Å². The zero-order valence-electron chi connectivity index (χ0n) is 11.2. The minimum absolute atomic E-state index is 0.309. The molecule has 0 N–H and O–H groups in total. The Morgan fingerprint density at radius 2 is 1.72 bits per heavy atom. The predicted octanol–water partition coefficient (Wildman–Crippen LogP) is 1.02. The summed E-state index contributed by atoms with van der Waals surface area (Å²) in [6, 6.07) is 0. The van der Waals surface area contributed by atoms with E-state index in [0.717, 1.165) is 12.8 Å². The van der Waals surface area contributed by atoms with Crippen LogP contribution in [-0.2, 0) is 28.5 Å². The molecule has 6 heteroatoms. The molecule has 0 aromatic rings. The van der Waals surface area contributed by atoms with Crippen molar-refractivity contribution in [2.24, 2.45) is 0 Å². The second-order valence-electron chi connectivity index (χ2n) is 4.52. The highest BCUT2D eigenvalue weighted by Crippen LogP contribution is 2.29. The molecule has 18 heavy (non-hydrogen) atoms. The van der Waals surface area contributed by atoms with Crippen molar-refractivity contribution >= 4 is 11.9 Å².